The maximum Gasteiger partial charge on any atom is 0.254 e. The van der Waals surface area contributed by atoms with Crippen molar-refractivity contribution in [2.75, 3.05) is 13.1 Å². The van der Waals surface area contributed by atoms with E-state index in [4.69, 9.17) is 0 Å². The van der Waals surface area contributed by atoms with Gasteiger partial charge in [-0.05, 0) is 44.0 Å². The topological polar surface area (TPSA) is 36.1 Å². The summed E-state index contributed by atoms with van der Waals surface area (Å²) in [6, 6.07) is 16.2. The number of nitrogens with one attached hydrogen (secondary N) is 1. The highest BCUT2D eigenvalue weighted by Crippen LogP contribution is 2.32. The molecule has 0 saturated carbocycles. The summed E-state index contributed by atoms with van der Waals surface area (Å²) < 4.78 is 0. The van der Waals surface area contributed by atoms with Crippen LogP contribution in [0.1, 0.15) is 33.6 Å². The van der Waals surface area contributed by atoms with Crippen LogP contribution in [0.25, 0.3) is 16.5 Å². The molecule has 0 unspecified atom stereocenters. The van der Waals surface area contributed by atoms with Crippen molar-refractivity contribution in [2.45, 2.75) is 20.3 Å². The van der Waals surface area contributed by atoms with E-state index in [9.17, 15) is 4.79 Å². The summed E-state index contributed by atoms with van der Waals surface area (Å²) in [5.74, 6) is 0.120. The third-order valence-corrected chi connectivity index (χ3v) is 4.98. The molecule has 25 heavy (non-hydrogen) atoms. The molecular weight excluding hydrogens is 308 g/mol. The van der Waals surface area contributed by atoms with E-state index in [0.717, 1.165) is 24.1 Å². The summed E-state index contributed by atoms with van der Waals surface area (Å²) >= 11 is 0. The molecule has 1 N–H and O–H groups in total. The van der Waals surface area contributed by atoms with Gasteiger partial charge in [-0.15, -0.1) is 0 Å². The largest absolute Gasteiger partial charge is 0.358 e. The molecule has 0 bridgehead atoms. The van der Waals surface area contributed by atoms with Crippen molar-refractivity contribution in [1.82, 2.24) is 9.88 Å². The summed E-state index contributed by atoms with van der Waals surface area (Å²) in [7, 11) is 0. The summed E-state index contributed by atoms with van der Waals surface area (Å²) in [4.78, 5) is 18.1. The van der Waals surface area contributed by atoms with E-state index in [2.05, 4.69) is 42.2 Å². The van der Waals surface area contributed by atoms with Gasteiger partial charge in [0.05, 0.1) is 0 Å². The van der Waals surface area contributed by atoms with Crippen LogP contribution in [0.3, 0.4) is 0 Å². The number of hydrogen-bond acceptors (Lipinski definition) is 1. The molecular formula is C22H22N2O. The number of carbonyl (C=O) groups is 1. The van der Waals surface area contributed by atoms with Crippen LogP contribution < -0.4 is 0 Å². The molecule has 126 valence electrons. The first-order valence-corrected chi connectivity index (χ1v) is 8.76. The van der Waals surface area contributed by atoms with Gasteiger partial charge in [-0.2, -0.15) is 0 Å². The highest BCUT2D eigenvalue weighted by atomic mass is 16.2. The van der Waals surface area contributed by atoms with Gasteiger partial charge in [0.25, 0.3) is 5.91 Å². The molecule has 0 aliphatic carbocycles. The molecule has 4 rings (SSSR count). The quantitative estimate of drug-likeness (QED) is 0.725. The van der Waals surface area contributed by atoms with Crippen LogP contribution in [0, 0.1) is 13.8 Å². The Morgan fingerprint density at radius 3 is 2.68 bits per heavy atom. The lowest BCUT2D eigenvalue weighted by Crippen LogP contribution is -2.34. The van der Waals surface area contributed by atoms with E-state index in [1.807, 2.05) is 36.1 Å². The van der Waals surface area contributed by atoms with Gasteiger partial charge in [0.15, 0.2) is 0 Å². The zero-order valence-electron chi connectivity index (χ0n) is 14.7. The molecule has 0 spiro atoms. The number of fused-ring (bicyclic) bond motifs is 1. The summed E-state index contributed by atoms with van der Waals surface area (Å²) in [5.41, 5.74) is 6.91. The molecule has 1 aliphatic heterocycles. The van der Waals surface area contributed by atoms with Crippen molar-refractivity contribution in [3.8, 4) is 0 Å². The Bertz CT molecular complexity index is 981. The molecule has 3 nitrogen and oxygen atoms in total. The third-order valence-electron chi connectivity index (χ3n) is 4.98. The monoisotopic (exact) mass is 330 g/mol. The van der Waals surface area contributed by atoms with Gasteiger partial charge in [0, 0.05) is 40.8 Å². The average molecular weight is 330 g/mol. The summed E-state index contributed by atoms with van der Waals surface area (Å²) in [6.07, 6.45) is 3.10. The fraction of sp³-hybridized carbons (Fsp3) is 0.227. The number of H-pyrrole nitrogens is 1. The van der Waals surface area contributed by atoms with Gasteiger partial charge >= 0.3 is 0 Å². The predicted octanol–water partition coefficient (Wildman–Crippen LogP) is 4.71. The lowest BCUT2D eigenvalue weighted by Gasteiger charge is -2.27. The lowest BCUT2D eigenvalue weighted by molar-refractivity contribution is 0.0773. The Kier molecular flexibility index (Phi) is 3.92. The van der Waals surface area contributed by atoms with Gasteiger partial charge in [-0.25, -0.2) is 0 Å². The smallest absolute Gasteiger partial charge is 0.254 e. The number of hydrogen-bond donors (Lipinski definition) is 1. The van der Waals surface area contributed by atoms with Crippen LogP contribution >= 0.6 is 0 Å². The number of carbonyl (C=O) groups excluding carboxylic acids is 1. The Labute approximate surface area is 148 Å². The number of aromatic amines is 1. The van der Waals surface area contributed by atoms with Crippen molar-refractivity contribution in [3.63, 3.8) is 0 Å². The molecule has 1 aliphatic rings. The Morgan fingerprint density at radius 2 is 1.92 bits per heavy atom. The van der Waals surface area contributed by atoms with Crippen LogP contribution in [-0.4, -0.2) is 28.9 Å². The first-order valence-electron chi connectivity index (χ1n) is 8.76. The highest BCUT2D eigenvalue weighted by Gasteiger charge is 2.21. The van der Waals surface area contributed by atoms with E-state index < -0.39 is 0 Å². The second-order valence-electron chi connectivity index (χ2n) is 6.77. The number of amides is 1. The first-order chi connectivity index (χ1) is 12.1. The van der Waals surface area contributed by atoms with Crippen LogP contribution in [0.15, 0.2) is 54.6 Å². The number of nitrogens with zero attached hydrogens (tertiary/aromatic N) is 1. The van der Waals surface area contributed by atoms with Crippen LogP contribution in [0.2, 0.25) is 0 Å². The van der Waals surface area contributed by atoms with E-state index in [1.165, 1.54) is 27.7 Å². The maximum absolute atomic E-state index is 12.7. The fourth-order valence-corrected chi connectivity index (χ4v) is 3.73. The zero-order valence-corrected chi connectivity index (χ0v) is 14.7. The van der Waals surface area contributed by atoms with Crippen LogP contribution in [-0.2, 0) is 0 Å². The molecule has 3 aromatic rings. The van der Waals surface area contributed by atoms with Crippen molar-refractivity contribution in [3.05, 3.63) is 77.0 Å². The van der Waals surface area contributed by atoms with Crippen molar-refractivity contribution >= 4 is 22.4 Å². The predicted molar refractivity (Wildman–Crippen MR) is 103 cm³/mol. The molecule has 2 heterocycles. The number of aryl methyl sites for hydroxylation is 2. The molecule has 0 atom stereocenters. The van der Waals surface area contributed by atoms with Gasteiger partial charge in [0.2, 0.25) is 0 Å². The highest BCUT2D eigenvalue weighted by molar-refractivity contribution is 5.97. The summed E-state index contributed by atoms with van der Waals surface area (Å²) in [6.45, 7) is 5.57. The fourth-order valence-electron chi connectivity index (χ4n) is 3.73. The summed E-state index contributed by atoms with van der Waals surface area (Å²) in [5, 5.41) is 1.27. The second kappa shape index (κ2) is 6.25. The van der Waals surface area contributed by atoms with E-state index in [0.29, 0.717) is 6.54 Å². The molecule has 0 fully saturated rings. The van der Waals surface area contributed by atoms with E-state index in [1.54, 1.807) is 0 Å². The Morgan fingerprint density at radius 1 is 1.08 bits per heavy atom. The SMILES string of the molecule is Cc1cccc(C(=O)N2CC=C(c3c(C)[nH]c4ccccc34)CC2)c1. The van der Waals surface area contributed by atoms with Gasteiger partial charge in [-0.1, -0.05) is 42.0 Å². The Balaban J connectivity index is 1.60. The molecule has 2 aromatic carbocycles. The standard InChI is InChI=1S/C22H22N2O/c1-15-6-5-7-18(14-15)22(25)24-12-10-17(11-13-24)21-16(2)23-20-9-4-3-8-19(20)21/h3-10,14,23H,11-13H2,1-2H3. The minimum atomic E-state index is 0.120. The van der Waals surface area contributed by atoms with E-state index >= 15 is 0 Å². The molecule has 0 saturated heterocycles. The maximum atomic E-state index is 12.7. The van der Waals surface area contributed by atoms with Crippen LogP contribution in [0.5, 0.6) is 0 Å². The normalized spacial score (nSPS) is 14.6. The van der Waals surface area contributed by atoms with Crippen molar-refractivity contribution in [2.24, 2.45) is 0 Å². The van der Waals surface area contributed by atoms with E-state index in [-0.39, 0.29) is 5.91 Å². The number of para-hydroxylation sites is 1. The third kappa shape index (κ3) is 2.86. The lowest BCUT2D eigenvalue weighted by atomic mass is 9.96. The number of benzene rings is 2. The molecule has 0 radical (unpaired) electrons. The minimum Gasteiger partial charge on any atom is -0.358 e. The van der Waals surface area contributed by atoms with Crippen molar-refractivity contribution < 1.29 is 4.79 Å². The van der Waals surface area contributed by atoms with Crippen LogP contribution in [0.4, 0.5) is 0 Å². The number of rotatable bonds is 2. The Hall–Kier alpha value is -2.81. The van der Waals surface area contributed by atoms with Gasteiger partial charge in [0.1, 0.15) is 0 Å². The molecule has 1 aromatic heterocycles. The van der Waals surface area contributed by atoms with Crippen molar-refractivity contribution in [1.29, 1.82) is 0 Å². The molecule has 1 amide bonds. The zero-order chi connectivity index (χ0) is 17.4. The van der Waals surface area contributed by atoms with Gasteiger partial charge < -0.3 is 9.88 Å². The first kappa shape index (κ1) is 15.7. The number of aromatic nitrogens is 1. The average Bonchev–Trinajstić information content (AvgIpc) is 2.97. The molecule has 3 heteroatoms. The second-order valence-corrected chi connectivity index (χ2v) is 6.77. The van der Waals surface area contributed by atoms with Gasteiger partial charge in [-0.3, -0.25) is 4.79 Å². The minimum absolute atomic E-state index is 0.120.